The van der Waals surface area contributed by atoms with Crippen LogP contribution in [0.4, 0.5) is 11.4 Å². The van der Waals surface area contributed by atoms with E-state index in [4.69, 9.17) is 22.4 Å². The summed E-state index contributed by atoms with van der Waals surface area (Å²) in [6.45, 7) is 1.77. The first-order valence-electron chi connectivity index (χ1n) is 8.17. The fourth-order valence-corrected chi connectivity index (χ4v) is 3.05. The summed E-state index contributed by atoms with van der Waals surface area (Å²) < 4.78 is 5.77. The summed E-state index contributed by atoms with van der Waals surface area (Å²) in [5.41, 5.74) is 10.3. The number of benzene rings is 1. The predicted octanol–water partition coefficient (Wildman–Crippen LogP) is 2.62. The van der Waals surface area contributed by atoms with E-state index in [0.717, 1.165) is 17.7 Å². The molecule has 0 atom stereocenters. The number of nitro benzene ring substituents is 1. The van der Waals surface area contributed by atoms with Crippen molar-refractivity contribution in [3.8, 4) is 0 Å². The van der Waals surface area contributed by atoms with Gasteiger partial charge in [-0.3, -0.25) is 20.3 Å². The Hall–Kier alpha value is -3.27. The first-order valence-corrected chi connectivity index (χ1v) is 8.58. The number of carbonyl (C=O) groups is 1. The highest BCUT2D eigenvalue weighted by atomic mass is 32.1. The maximum absolute atomic E-state index is 12.6. The quantitative estimate of drug-likeness (QED) is 0.417. The van der Waals surface area contributed by atoms with Gasteiger partial charge in [0.2, 0.25) is 0 Å². The lowest BCUT2D eigenvalue weighted by atomic mass is 9.93. The first kappa shape index (κ1) is 18.5. The van der Waals surface area contributed by atoms with Crippen molar-refractivity contribution >= 4 is 40.3 Å². The molecule has 0 fully saturated rings. The van der Waals surface area contributed by atoms with Crippen LogP contribution in [0.2, 0.25) is 0 Å². The van der Waals surface area contributed by atoms with Gasteiger partial charge in [-0.15, -0.1) is 0 Å². The van der Waals surface area contributed by atoms with Gasteiger partial charge in [-0.1, -0.05) is 6.07 Å². The number of nitrogens with two attached hydrogens (primary N) is 1. The Morgan fingerprint density at radius 3 is 2.89 bits per heavy atom. The van der Waals surface area contributed by atoms with E-state index >= 15 is 0 Å². The highest BCUT2D eigenvalue weighted by Crippen LogP contribution is 2.30. The Labute approximate surface area is 159 Å². The third kappa shape index (κ3) is 3.95. The minimum absolute atomic E-state index is 0.0550. The number of hydrogen-bond donors (Lipinski definition) is 3. The van der Waals surface area contributed by atoms with E-state index in [9.17, 15) is 14.9 Å². The van der Waals surface area contributed by atoms with Gasteiger partial charge in [-0.25, -0.2) is 0 Å². The Bertz CT molecular complexity index is 966. The summed E-state index contributed by atoms with van der Waals surface area (Å²) in [5.74, 6) is 0.340. The molecule has 0 aliphatic heterocycles. The molecule has 0 radical (unpaired) electrons. The summed E-state index contributed by atoms with van der Waals surface area (Å²) in [6, 6.07) is 5.71. The Kier molecular flexibility index (Phi) is 5.17. The average Bonchev–Trinajstić information content (AvgIpc) is 2.97. The Balaban J connectivity index is 1.89. The van der Waals surface area contributed by atoms with Gasteiger partial charge in [0.25, 0.3) is 11.6 Å². The van der Waals surface area contributed by atoms with Gasteiger partial charge in [-0.05, 0) is 38.0 Å². The molecule has 27 heavy (non-hydrogen) atoms. The lowest BCUT2D eigenvalue weighted by Crippen LogP contribution is -2.26. The van der Waals surface area contributed by atoms with E-state index < -0.39 is 10.8 Å². The van der Waals surface area contributed by atoms with Crippen LogP contribution in [-0.4, -0.2) is 21.7 Å². The van der Waals surface area contributed by atoms with Crippen molar-refractivity contribution in [2.75, 3.05) is 5.32 Å². The van der Waals surface area contributed by atoms with Crippen LogP contribution in [0.5, 0.6) is 0 Å². The number of nitrogens with one attached hydrogen (secondary N) is 2. The molecule has 4 N–H and O–H groups in total. The fraction of sp³-hybridized carbons (Fsp3) is 0.235. The fourth-order valence-electron chi connectivity index (χ4n) is 3.00. The highest BCUT2D eigenvalue weighted by Gasteiger charge is 2.28. The highest BCUT2D eigenvalue weighted by molar-refractivity contribution is 7.80. The molecule has 1 aliphatic rings. The number of carbonyl (C=O) groups excluding carboxylic acids is 1. The number of thiocarbonyl (C=S) groups is 1. The molecule has 0 saturated heterocycles. The molecule has 1 aromatic carbocycles. The monoisotopic (exact) mass is 387 g/mol. The second-order valence-corrected chi connectivity index (χ2v) is 6.44. The van der Waals surface area contributed by atoms with Gasteiger partial charge in [0.05, 0.1) is 10.6 Å². The number of hydrazone groups is 1. The molecule has 9 nitrogen and oxygen atoms in total. The topological polar surface area (TPSA) is 136 Å². The molecule has 140 valence electrons. The summed E-state index contributed by atoms with van der Waals surface area (Å²) in [6.07, 6.45) is 2.21. The van der Waals surface area contributed by atoms with Gasteiger partial charge in [0.15, 0.2) is 10.9 Å². The molecule has 1 aliphatic carbocycles. The van der Waals surface area contributed by atoms with Crippen LogP contribution in [0, 0.1) is 17.0 Å². The molecule has 3 rings (SSSR count). The summed E-state index contributed by atoms with van der Waals surface area (Å²) in [7, 11) is 0. The molecule has 1 aromatic heterocycles. The zero-order valence-corrected chi connectivity index (χ0v) is 15.3. The lowest BCUT2D eigenvalue weighted by molar-refractivity contribution is -0.384. The van der Waals surface area contributed by atoms with E-state index in [1.54, 1.807) is 13.0 Å². The smallest absolute Gasteiger partial charge is 0.291 e. The maximum atomic E-state index is 12.6. The van der Waals surface area contributed by atoms with Crippen LogP contribution in [0.25, 0.3) is 0 Å². The number of furan rings is 1. The number of non-ortho nitro benzene ring substituents is 1. The first-order chi connectivity index (χ1) is 12.9. The van der Waals surface area contributed by atoms with Gasteiger partial charge in [0.1, 0.15) is 5.76 Å². The summed E-state index contributed by atoms with van der Waals surface area (Å²) in [5, 5.41) is 17.8. The number of nitro groups is 1. The van der Waals surface area contributed by atoms with E-state index in [2.05, 4.69) is 15.8 Å². The summed E-state index contributed by atoms with van der Waals surface area (Å²) in [4.78, 5) is 23.0. The van der Waals surface area contributed by atoms with Crippen molar-refractivity contribution < 1.29 is 14.1 Å². The number of hydrogen-bond acceptors (Lipinski definition) is 6. The predicted molar refractivity (Wildman–Crippen MR) is 104 cm³/mol. The number of anilines is 1. The van der Waals surface area contributed by atoms with Crippen LogP contribution in [-0.2, 0) is 6.42 Å². The molecule has 0 unspecified atom stereocenters. The van der Waals surface area contributed by atoms with Gasteiger partial charge < -0.3 is 15.5 Å². The van der Waals surface area contributed by atoms with Crippen LogP contribution >= 0.6 is 12.2 Å². The molecule has 0 saturated carbocycles. The second kappa shape index (κ2) is 7.54. The van der Waals surface area contributed by atoms with Crippen LogP contribution < -0.4 is 16.5 Å². The van der Waals surface area contributed by atoms with Gasteiger partial charge >= 0.3 is 0 Å². The molecule has 0 spiro atoms. The summed E-state index contributed by atoms with van der Waals surface area (Å²) >= 11 is 4.77. The SMILES string of the molecule is Cc1c(C(=O)Nc2cccc([N+](=O)[O-])c2)oc2c1/C(=N/NC(N)=S)CCC2. The lowest BCUT2D eigenvalue weighted by Gasteiger charge is -2.13. The second-order valence-electron chi connectivity index (χ2n) is 6.00. The largest absolute Gasteiger partial charge is 0.455 e. The number of aryl methyl sites for hydroxylation is 1. The van der Waals surface area contributed by atoms with Crippen molar-refractivity contribution in [1.82, 2.24) is 5.43 Å². The number of fused-ring (bicyclic) bond motifs is 1. The minimum atomic E-state index is -0.524. The third-order valence-electron chi connectivity index (χ3n) is 4.15. The van der Waals surface area contributed by atoms with E-state index in [1.165, 1.54) is 18.2 Å². The molecule has 1 amide bonds. The zero-order chi connectivity index (χ0) is 19.6. The number of amides is 1. The van der Waals surface area contributed by atoms with Gasteiger partial charge in [0, 0.05) is 35.4 Å². The minimum Gasteiger partial charge on any atom is -0.455 e. The molecular formula is C17H17N5O4S. The molecule has 1 heterocycles. The van der Waals surface area contributed by atoms with Crippen LogP contribution in [0.15, 0.2) is 33.8 Å². The molecule has 10 heteroatoms. The average molecular weight is 387 g/mol. The zero-order valence-electron chi connectivity index (χ0n) is 14.4. The van der Waals surface area contributed by atoms with Gasteiger partial charge in [-0.2, -0.15) is 5.10 Å². The standard InChI is InChI=1S/C17H17N5O4S/c1-9-14-12(20-21-17(18)27)6-3-7-13(14)26-15(9)16(23)19-10-4-2-5-11(8-10)22(24)25/h2,4-5,8H,3,6-7H2,1H3,(H,19,23)(H3,18,21,27)/b20-12+. The number of nitrogens with zero attached hydrogens (tertiary/aromatic N) is 2. The Morgan fingerprint density at radius 1 is 1.41 bits per heavy atom. The van der Waals surface area contributed by atoms with E-state index in [0.29, 0.717) is 29.9 Å². The van der Waals surface area contributed by atoms with Crippen LogP contribution in [0.3, 0.4) is 0 Å². The van der Waals surface area contributed by atoms with Crippen molar-refractivity contribution in [3.63, 3.8) is 0 Å². The third-order valence-corrected chi connectivity index (χ3v) is 4.24. The van der Waals surface area contributed by atoms with Crippen molar-refractivity contribution in [1.29, 1.82) is 0 Å². The van der Waals surface area contributed by atoms with E-state index in [1.807, 2.05) is 0 Å². The Morgan fingerprint density at radius 2 is 2.19 bits per heavy atom. The normalized spacial score (nSPS) is 14.5. The van der Waals surface area contributed by atoms with Crippen molar-refractivity contribution in [2.45, 2.75) is 26.2 Å². The number of rotatable bonds is 4. The van der Waals surface area contributed by atoms with E-state index in [-0.39, 0.29) is 16.6 Å². The van der Waals surface area contributed by atoms with Crippen molar-refractivity contribution in [3.05, 3.63) is 57.0 Å². The maximum Gasteiger partial charge on any atom is 0.291 e. The molecular weight excluding hydrogens is 370 g/mol. The van der Waals surface area contributed by atoms with Crippen LogP contribution in [0.1, 0.15) is 40.3 Å². The molecule has 2 aromatic rings. The molecule has 0 bridgehead atoms. The van der Waals surface area contributed by atoms with Crippen molar-refractivity contribution in [2.24, 2.45) is 10.8 Å².